The average molecular weight is 302 g/mol. The summed E-state index contributed by atoms with van der Waals surface area (Å²) in [7, 11) is 0. The van der Waals surface area contributed by atoms with E-state index in [0.29, 0.717) is 23.7 Å². The number of esters is 1. The summed E-state index contributed by atoms with van der Waals surface area (Å²) in [6.45, 7) is 8.20. The van der Waals surface area contributed by atoms with Crippen LogP contribution in [0.5, 0.6) is 0 Å². The molecule has 1 aromatic carbocycles. The number of Topliss-reactive ketones (excluding diaryl/α,β-unsaturated/α-hetero) is 1. The first-order valence-corrected chi connectivity index (χ1v) is 7.82. The number of carbonyl (C=O) groups is 2. The Morgan fingerprint density at radius 1 is 1.09 bits per heavy atom. The van der Waals surface area contributed by atoms with Gasteiger partial charge in [0.1, 0.15) is 0 Å². The smallest absolute Gasteiger partial charge is 0.338 e. The molecule has 3 nitrogen and oxygen atoms in total. The first kappa shape index (κ1) is 18.1. The molecular weight excluding hydrogens is 276 g/mol. The molecule has 0 amide bonds. The molecule has 0 aliphatic rings. The van der Waals surface area contributed by atoms with Crippen molar-refractivity contribution in [2.75, 3.05) is 6.61 Å². The third kappa shape index (κ3) is 6.25. The van der Waals surface area contributed by atoms with Gasteiger partial charge in [-0.3, -0.25) is 4.79 Å². The zero-order valence-corrected chi connectivity index (χ0v) is 14.0. The van der Waals surface area contributed by atoms with Crippen LogP contribution in [-0.4, -0.2) is 18.4 Å². The second-order valence-corrected chi connectivity index (χ2v) is 5.99. The first-order chi connectivity index (χ1) is 10.4. The van der Waals surface area contributed by atoms with Crippen LogP contribution < -0.4 is 0 Å². The maximum atomic E-state index is 12.1. The van der Waals surface area contributed by atoms with Crippen molar-refractivity contribution in [2.45, 2.75) is 47.0 Å². The Morgan fingerprint density at radius 3 is 2.32 bits per heavy atom. The minimum atomic E-state index is -0.415. The van der Waals surface area contributed by atoms with Gasteiger partial charge < -0.3 is 4.74 Å². The van der Waals surface area contributed by atoms with E-state index in [-0.39, 0.29) is 5.78 Å². The van der Waals surface area contributed by atoms with Crippen LogP contribution >= 0.6 is 0 Å². The molecule has 0 saturated carbocycles. The van der Waals surface area contributed by atoms with Gasteiger partial charge in [0, 0.05) is 5.56 Å². The summed E-state index contributed by atoms with van der Waals surface area (Å²) in [6, 6.07) is 6.78. The molecule has 1 atom stereocenters. The van der Waals surface area contributed by atoms with Gasteiger partial charge in [-0.15, -0.1) is 0 Å². The molecule has 0 spiro atoms. The molecule has 0 fully saturated rings. The zero-order valence-electron chi connectivity index (χ0n) is 14.0. The Hall–Kier alpha value is -1.90. The summed E-state index contributed by atoms with van der Waals surface area (Å²) in [6.07, 6.45) is 5.22. The standard InChI is InChI=1S/C19H26O3/c1-14(2)8-7-9-15(3)12-13-22-19(21)18-11-6-5-10-17(18)16(4)20/h5-6,8,10-11,15H,7,9,12-13H2,1-4H3/t15-/m0/s1. The highest BCUT2D eigenvalue weighted by Gasteiger charge is 2.15. The third-order valence-corrected chi connectivity index (χ3v) is 3.58. The monoisotopic (exact) mass is 302 g/mol. The van der Waals surface area contributed by atoms with Crippen molar-refractivity contribution < 1.29 is 14.3 Å². The van der Waals surface area contributed by atoms with Gasteiger partial charge in [0.25, 0.3) is 0 Å². The number of carbonyl (C=O) groups excluding carboxylic acids is 2. The van der Waals surface area contributed by atoms with E-state index in [1.165, 1.54) is 12.5 Å². The van der Waals surface area contributed by atoms with Crippen LogP contribution in [0.2, 0.25) is 0 Å². The predicted octanol–water partition coefficient (Wildman–Crippen LogP) is 4.82. The van der Waals surface area contributed by atoms with Crippen LogP contribution in [0.15, 0.2) is 35.9 Å². The molecule has 0 aromatic heterocycles. The Morgan fingerprint density at radius 2 is 1.73 bits per heavy atom. The molecule has 0 heterocycles. The van der Waals surface area contributed by atoms with Crippen molar-refractivity contribution in [3.63, 3.8) is 0 Å². The van der Waals surface area contributed by atoms with E-state index in [2.05, 4.69) is 26.8 Å². The number of hydrogen-bond acceptors (Lipinski definition) is 3. The van der Waals surface area contributed by atoms with E-state index in [9.17, 15) is 9.59 Å². The SMILES string of the molecule is CC(=O)c1ccccc1C(=O)OCC[C@@H](C)CCC=C(C)C. The van der Waals surface area contributed by atoms with Crippen LogP contribution in [-0.2, 0) is 4.74 Å². The second kappa shape index (κ2) is 9.19. The normalized spacial score (nSPS) is 11.6. The van der Waals surface area contributed by atoms with Crippen molar-refractivity contribution in [1.82, 2.24) is 0 Å². The Kier molecular flexibility index (Phi) is 7.58. The van der Waals surface area contributed by atoms with E-state index in [4.69, 9.17) is 4.74 Å². The molecule has 120 valence electrons. The van der Waals surface area contributed by atoms with Gasteiger partial charge in [-0.25, -0.2) is 4.79 Å². The lowest BCUT2D eigenvalue weighted by Crippen LogP contribution is -2.12. The van der Waals surface area contributed by atoms with Crippen molar-refractivity contribution in [3.8, 4) is 0 Å². The van der Waals surface area contributed by atoms with Crippen LogP contribution in [0.1, 0.15) is 67.7 Å². The highest BCUT2D eigenvalue weighted by atomic mass is 16.5. The van der Waals surface area contributed by atoms with E-state index < -0.39 is 5.97 Å². The first-order valence-electron chi connectivity index (χ1n) is 7.82. The topological polar surface area (TPSA) is 43.4 Å². The second-order valence-electron chi connectivity index (χ2n) is 5.99. The fraction of sp³-hybridized carbons (Fsp3) is 0.474. The quantitative estimate of drug-likeness (QED) is 0.393. The number of ketones is 1. The lowest BCUT2D eigenvalue weighted by Gasteiger charge is -2.11. The van der Waals surface area contributed by atoms with Crippen LogP contribution in [0.4, 0.5) is 0 Å². The van der Waals surface area contributed by atoms with Gasteiger partial charge >= 0.3 is 5.97 Å². The van der Waals surface area contributed by atoms with Crippen molar-refractivity contribution in [1.29, 1.82) is 0 Å². The van der Waals surface area contributed by atoms with Crippen LogP contribution in [0.3, 0.4) is 0 Å². The van der Waals surface area contributed by atoms with E-state index in [0.717, 1.165) is 19.3 Å². The molecule has 0 bridgehead atoms. The fourth-order valence-corrected chi connectivity index (χ4v) is 2.20. The van der Waals surface area contributed by atoms with E-state index in [1.54, 1.807) is 24.3 Å². The predicted molar refractivity (Wildman–Crippen MR) is 89.2 cm³/mol. The summed E-state index contributed by atoms with van der Waals surface area (Å²) in [5.41, 5.74) is 2.11. The number of rotatable bonds is 8. The minimum absolute atomic E-state index is 0.123. The van der Waals surface area contributed by atoms with Gasteiger partial charge in [0.2, 0.25) is 0 Å². The van der Waals surface area contributed by atoms with Gasteiger partial charge in [-0.05, 0) is 52.0 Å². The Balaban J connectivity index is 2.44. The number of allylic oxidation sites excluding steroid dienone is 2. The molecule has 1 aromatic rings. The lowest BCUT2D eigenvalue weighted by molar-refractivity contribution is 0.0481. The van der Waals surface area contributed by atoms with Gasteiger partial charge in [0.05, 0.1) is 12.2 Å². The van der Waals surface area contributed by atoms with Crippen LogP contribution in [0.25, 0.3) is 0 Å². The lowest BCUT2D eigenvalue weighted by atomic mass is 10.0. The Labute approximate surface area is 133 Å². The van der Waals surface area contributed by atoms with Gasteiger partial charge in [-0.2, -0.15) is 0 Å². The largest absolute Gasteiger partial charge is 0.462 e. The summed E-state index contributed by atoms with van der Waals surface area (Å²) in [5.74, 6) is -0.0311. The molecule has 0 unspecified atom stereocenters. The van der Waals surface area contributed by atoms with Crippen molar-refractivity contribution in [2.24, 2.45) is 5.92 Å². The van der Waals surface area contributed by atoms with Crippen molar-refractivity contribution in [3.05, 3.63) is 47.0 Å². The van der Waals surface area contributed by atoms with E-state index >= 15 is 0 Å². The molecule has 0 aliphatic carbocycles. The highest BCUT2D eigenvalue weighted by Crippen LogP contribution is 2.14. The minimum Gasteiger partial charge on any atom is -0.462 e. The van der Waals surface area contributed by atoms with Crippen molar-refractivity contribution >= 4 is 11.8 Å². The molecule has 1 rings (SSSR count). The van der Waals surface area contributed by atoms with Gasteiger partial charge in [-0.1, -0.05) is 36.8 Å². The Bertz CT molecular complexity index is 539. The molecule has 3 heteroatoms. The zero-order chi connectivity index (χ0) is 16.5. The maximum absolute atomic E-state index is 12.1. The highest BCUT2D eigenvalue weighted by molar-refractivity contribution is 6.05. The van der Waals surface area contributed by atoms with Crippen LogP contribution in [0, 0.1) is 5.92 Å². The summed E-state index contributed by atoms with van der Waals surface area (Å²) < 4.78 is 5.31. The fourth-order valence-electron chi connectivity index (χ4n) is 2.20. The number of benzene rings is 1. The summed E-state index contributed by atoms with van der Waals surface area (Å²) >= 11 is 0. The van der Waals surface area contributed by atoms with E-state index in [1.807, 2.05) is 0 Å². The average Bonchev–Trinajstić information content (AvgIpc) is 2.46. The summed E-state index contributed by atoms with van der Waals surface area (Å²) in [5, 5.41) is 0. The molecule has 0 aliphatic heterocycles. The van der Waals surface area contributed by atoms with Gasteiger partial charge in [0.15, 0.2) is 5.78 Å². The molecule has 0 N–H and O–H groups in total. The third-order valence-electron chi connectivity index (χ3n) is 3.58. The maximum Gasteiger partial charge on any atom is 0.338 e. The summed E-state index contributed by atoms with van der Waals surface area (Å²) in [4.78, 5) is 23.6. The number of ether oxygens (including phenoxy) is 1. The molecule has 0 saturated heterocycles. The molecule has 22 heavy (non-hydrogen) atoms. The number of hydrogen-bond donors (Lipinski definition) is 0. The molecule has 0 radical (unpaired) electrons. The molecular formula is C19H26O3.